The first kappa shape index (κ1) is 21.3. The quantitative estimate of drug-likeness (QED) is 0.710. The molecule has 0 spiro atoms. The first-order valence-electron chi connectivity index (χ1n) is 9.11. The van der Waals surface area contributed by atoms with Gasteiger partial charge in [0.05, 0.1) is 6.26 Å². The van der Waals surface area contributed by atoms with Crippen LogP contribution in [0.2, 0.25) is 0 Å². The van der Waals surface area contributed by atoms with Crippen molar-refractivity contribution in [2.24, 2.45) is 0 Å². The van der Waals surface area contributed by atoms with Crippen LogP contribution in [0.15, 0.2) is 42.5 Å². The highest BCUT2D eigenvalue weighted by molar-refractivity contribution is 7.92. The Balaban J connectivity index is 1.81. The Morgan fingerprint density at radius 1 is 1.11 bits per heavy atom. The van der Waals surface area contributed by atoms with Gasteiger partial charge in [-0.2, -0.15) is 0 Å². The predicted molar refractivity (Wildman–Crippen MR) is 112 cm³/mol. The fourth-order valence-corrected chi connectivity index (χ4v) is 3.46. The summed E-state index contributed by atoms with van der Waals surface area (Å²) in [5.41, 5.74) is 4.11. The molecule has 0 aliphatic rings. The van der Waals surface area contributed by atoms with E-state index in [0.29, 0.717) is 5.69 Å². The Kier molecular flexibility index (Phi) is 7.27. The third kappa shape index (κ3) is 7.61. The van der Waals surface area contributed by atoms with E-state index in [1.165, 1.54) is 11.1 Å². The van der Waals surface area contributed by atoms with Crippen LogP contribution in [-0.2, 0) is 16.4 Å². The van der Waals surface area contributed by atoms with E-state index < -0.39 is 10.0 Å². The molecule has 1 N–H and O–H groups in total. The Morgan fingerprint density at radius 2 is 1.78 bits per heavy atom. The van der Waals surface area contributed by atoms with Gasteiger partial charge in [-0.15, -0.1) is 0 Å². The molecule has 0 aliphatic carbocycles. The lowest BCUT2D eigenvalue weighted by molar-refractivity contribution is 0.162. The van der Waals surface area contributed by atoms with Gasteiger partial charge in [0, 0.05) is 18.8 Å². The molecule has 2 rings (SSSR count). The summed E-state index contributed by atoms with van der Waals surface area (Å²) >= 11 is 0. The Labute approximate surface area is 163 Å². The number of benzene rings is 2. The molecular formula is C21H30N2O3S. The van der Waals surface area contributed by atoms with Gasteiger partial charge in [0.25, 0.3) is 0 Å². The van der Waals surface area contributed by atoms with Gasteiger partial charge in [-0.25, -0.2) is 8.42 Å². The van der Waals surface area contributed by atoms with Crippen LogP contribution in [0.5, 0.6) is 5.75 Å². The van der Waals surface area contributed by atoms with E-state index in [0.717, 1.165) is 37.1 Å². The average Bonchev–Trinajstić information content (AvgIpc) is 2.56. The van der Waals surface area contributed by atoms with E-state index in [-0.39, 0.29) is 6.10 Å². The summed E-state index contributed by atoms with van der Waals surface area (Å²) in [4.78, 5) is 2.25. The Bertz CT molecular complexity index is 848. The van der Waals surface area contributed by atoms with Crippen molar-refractivity contribution < 1.29 is 13.2 Å². The lowest BCUT2D eigenvalue weighted by Gasteiger charge is -2.23. The minimum Gasteiger partial charge on any atom is -0.489 e. The summed E-state index contributed by atoms with van der Waals surface area (Å²) in [5, 5.41) is 0. The molecule has 27 heavy (non-hydrogen) atoms. The van der Waals surface area contributed by atoms with Crippen molar-refractivity contribution in [3.8, 4) is 5.75 Å². The van der Waals surface area contributed by atoms with E-state index in [4.69, 9.17) is 4.74 Å². The second-order valence-electron chi connectivity index (χ2n) is 7.28. The molecule has 5 nitrogen and oxygen atoms in total. The number of aryl methyl sites for hydroxylation is 2. The summed E-state index contributed by atoms with van der Waals surface area (Å²) in [6, 6.07) is 13.8. The molecule has 2 aromatic carbocycles. The highest BCUT2D eigenvalue weighted by Crippen LogP contribution is 2.20. The zero-order valence-electron chi connectivity index (χ0n) is 16.8. The number of anilines is 1. The third-order valence-electron chi connectivity index (χ3n) is 4.28. The summed E-state index contributed by atoms with van der Waals surface area (Å²) in [5.74, 6) is 0.949. The fourth-order valence-electron chi connectivity index (χ4n) is 2.89. The van der Waals surface area contributed by atoms with E-state index >= 15 is 0 Å². The molecule has 0 radical (unpaired) electrons. The van der Waals surface area contributed by atoms with E-state index in [9.17, 15) is 8.42 Å². The third-order valence-corrected chi connectivity index (χ3v) is 4.89. The van der Waals surface area contributed by atoms with E-state index in [1.807, 2.05) is 12.1 Å². The first-order chi connectivity index (χ1) is 12.6. The molecule has 2 aromatic rings. The molecule has 1 unspecified atom stereocenters. The second-order valence-corrected chi connectivity index (χ2v) is 9.03. The highest BCUT2D eigenvalue weighted by atomic mass is 32.2. The maximum absolute atomic E-state index is 11.2. The standard InChI is InChI=1S/C21H30N2O3S/c1-16-6-7-17(2)21(14-16)26-18(3)15-23(4)13-12-19-8-10-20(11-9-19)22-27(5,24)25/h6-11,14,18,22H,12-13,15H2,1-5H3. The van der Waals surface area contributed by atoms with Crippen molar-refractivity contribution in [2.75, 3.05) is 31.1 Å². The monoisotopic (exact) mass is 390 g/mol. The molecule has 1 atom stereocenters. The predicted octanol–water partition coefficient (Wildman–Crippen LogP) is 3.62. The summed E-state index contributed by atoms with van der Waals surface area (Å²) in [6.07, 6.45) is 2.14. The van der Waals surface area contributed by atoms with Gasteiger partial charge < -0.3 is 9.64 Å². The first-order valence-corrected chi connectivity index (χ1v) is 11.0. The van der Waals surface area contributed by atoms with Crippen LogP contribution >= 0.6 is 0 Å². The molecule has 148 valence electrons. The van der Waals surface area contributed by atoms with Gasteiger partial charge >= 0.3 is 0 Å². The average molecular weight is 391 g/mol. The van der Waals surface area contributed by atoms with Crippen molar-refractivity contribution in [1.29, 1.82) is 0 Å². The van der Waals surface area contributed by atoms with Crippen LogP contribution in [0, 0.1) is 13.8 Å². The number of ether oxygens (including phenoxy) is 1. The molecular weight excluding hydrogens is 360 g/mol. The second kappa shape index (κ2) is 9.24. The maximum atomic E-state index is 11.2. The normalized spacial score (nSPS) is 12.8. The van der Waals surface area contributed by atoms with Gasteiger partial charge in [0.1, 0.15) is 11.9 Å². The molecule has 0 amide bonds. The molecule has 0 saturated heterocycles. The summed E-state index contributed by atoms with van der Waals surface area (Å²) in [7, 11) is -1.15. The molecule has 0 bridgehead atoms. The Hall–Kier alpha value is -2.05. The highest BCUT2D eigenvalue weighted by Gasteiger charge is 2.10. The molecule has 0 saturated carbocycles. The number of nitrogens with zero attached hydrogens (tertiary/aromatic N) is 1. The van der Waals surface area contributed by atoms with Crippen molar-refractivity contribution in [3.05, 3.63) is 59.2 Å². The van der Waals surface area contributed by atoms with Gasteiger partial charge in [0.2, 0.25) is 10.0 Å². The van der Waals surface area contributed by atoms with E-state index in [2.05, 4.69) is 55.6 Å². The minimum atomic E-state index is -3.23. The van der Waals surface area contributed by atoms with Crippen LogP contribution in [0.25, 0.3) is 0 Å². The smallest absolute Gasteiger partial charge is 0.229 e. The van der Waals surface area contributed by atoms with Crippen LogP contribution in [0.4, 0.5) is 5.69 Å². The zero-order valence-corrected chi connectivity index (χ0v) is 17.6. The lowest BCUT2D eigenvalue weighted by atomic mass is 10.1. The molecule has 0 heterocycles. The van der Waals surface area contributed by atoms with Crippen LogP contribution in [0.1, 0.15) is 23.6 Å². The van der Waals surface area contributed by atoms with Crippen LogP contribution in [-0.4, -0.2) is 45.8 Å². The number of sulfonamides is 1. The molecule has 0 aromatic heterocycles. The van der Waals surface area contributed by atoms with Crippen molar-refractivity contribution in [1.82, 2.24) is 4.90 Å². The van der Waals surface area contributed by atoms with Crippen LogP contribution < -0.4 is 9.46 Å². The van der Waals surface area contributed by atoms with Gasteiger partial charge in [-0.1, -0.05) is 24.3 Å². The van der Waals surface area contributed by atoms with Gasteiger partial charge in [-0.3, -0.25) is 4.72 Å². The number of hydrogen-bond acceptors (Lipinski definition) is 4. The summed E-state index contributed by atoms with van der Waals surface area (Å²) in [6.45, 7) is 7.96. The number of nitrogens with one attached hydrogen (secondary N) is 1. The summed E-state index contributed by atoms with van der Waals surface area (Å²) < 4.78 is 31.1. The molecule has 0 aliphatic heterocycles. The zero-order chi connectivity index (χ0) is 20.0. The number of hydrogen-bond donors (Lipinski definition) is 1. The van der Waals surface area contributed by atoms with Gasteiger partial charge in [-0.05, 0) is 69.1 Å². The molecule has 6 heteroatoms. The minimum absolute atomic E-state index is 0.0943. The largest absolute Gasteiger partial charge is 0.489 e. The van der Waals surface area contributed by atoms with E-state index in [1.54, 1.807) is 12.1 Å². The number of likely N-dealkylation sites (N-methyl/N-ethyl adjacent to an activating group) is 1. The lowest BCUT2D eigenvalue weighted by Crippen LogP contribution is -2.32. The topological polar surface area (TPSA) is 58.6 Å². The van der Waals surface area contributed by atoms with Crippen molar-refractivity contribution >= 4 is 15.7 Å². The SMILES string of the molecule is Cc1ccc(C)c(OC(C)CN(C)CCc2ccc(NS(C)(=O)=O)cc2)c1. The van der Waals surface area contributed by atoms with Crippen molar-refractivity contribution in [2.45, 2.75) is 33.3 Å². The molecule has 0 fully saturated rings. The maximum Gasteiger partial charge on any atom is 0.229 e. The van der Waals surface area contributed by atoms with Crippen molar-refractivity contribution in [3.63, 3.8) is 0 Å². The fraction of sp³-hybridized carbons (Fsp3) is 0.429. The number of rotatable bonds is 9. The van der Waals surface area contributed by atoms with Gasteiger partial charge in [0.15, 0.2) is 0 Å². The van der Waals surface area contributed by atoms with Crippen LogP contribution in [0.3, 0.4) is 0 Å². The Morgan fingerprint density at radius 3 is 2.41 bits per heavy atom.